The van der Waals surface area contributed by atoms with Crippen LogP contribution >= 0.6 is 12.4 Å². The predicted octanol–water partition coefficient (Wildman–Crippen LogP) is 0.208. The number of hydrogen-bond acceptors (Lipinski definition) is 2. The number of nitrogens with zero attached hydrogens (tertiary/aromatic N) is 1. The van der Waals surface area contributed by atoms with Crippen LogP contribution in [0, 0.1) is 0 Å². The van der Waals surface area contributed by atoms with Crippen molar-refractivity contribution in [2.75, 3.05) is 20.2 Å². The number of ether oxygens (including phenoxy) is 1. The van der Waals surface area contributed by atoms with Crippen LogP contribution in [0.15, 0.2) is 0 Å². The number of likely N-dealkylation sites (tertiary alicyclic amines) is 1. The third-order valence-corrected chi connectivity index (χ3v) is 1.79. The van der Waals surface area contributed by atoms with E-state index in [2.05, 4.69) is 0 Å². The second kappa shape index (κ2) is 4.41. The fourth-order valence-corrected chi connectivity index (χ4v) is 1.12. The molecule has 0 bridgehead atoms. The van der Waals surface area contributed by atoms with Crippen molar-refractivity contribution in [2.45, 2.75) is 12.5 Å². The van der Waals surface area contributed by atoms with E-state index in [-0.39, 0.29) is 24.5 Å². The predicted molar refractivity (Wildman–Crippen MR) is 43.8 cm³/mol. The van der Waals surface area contributed by atoms with E-state index in [1.807, 2.05) is 0 Å². The molecule has 0 unspecified atom stereocenters. The Morgan fingerprint density at radius 2 is 2.36 bits per heavy atom. The minimum absolute atomic E-state index is 0. The first kappa shape index (κ1) is 10.5. The second-order valence-electron chi connectivity index (χ2n) is 2.43. The van der Waals surface area contributed by atoms with Crippen molar-refractivity contribution >= 4 is 18.4 Å². The van der Waals surface area contributed by atoms with Crippen LogP contribution in [0.5, 0.6) is 0 Å². The summed E-state index contributed by atoms with van der Waals surface area (Å²) in [4.78, 5) is 12.1. The molecule has 0 aromatic carbocycles. The number of carbonyl (C=O) groups excluding carboxylic acids is 1. The number of rotatable bonds is 1. The maximum absolute atomic E-state index is 10.6. The highest BCUT2D eigenvalue weighted by atomic mass is 35.5. The maximum Gasteiger partial charge on any atom is 0.314 e. The molecule has 0 aromatic heterocycles. The van der Waals surface area contributed by atoms with Crippen molar-refractivity contribution in [3.05, 3.63) is 0 Å². The van der Waals surface area contributed by atoms with Gasteiger partial charge in [0.05, 0.1) is 6.10 Å². The van der Waals surface area contributed by atoms with Crippen molar-refractivity contribution in [1.29, 1.82) is 0 Å². The lowest BCUT2D eigenvalue weighted by Gasteiger charge is -2.11. The van der Waals surface area contributed by atoms with Gasteiger partial charge in [0.1, 0.15) is 0 Å². The van der Waals surface area contributed by atoms with Crippen LogP contribution in [-0.2, 0) is 4.74 Å². The Balaban J connectivity index is 0.000001000. The van der Waals surface area contributed by atoms with E-state index in [0.29, 0.717) is 6.54 Å². The molecule has 1 fully saturated rings. The van der Waals surface area contributed by atoms with Gasteiger partial charge < -0.3 is 15.4 Å². The normalized spacial score (nSPS) is 23.0. The summed E-state index contributed by atoms with van der Waals surface area (Å²) in [5, 5.41) is 0. The van der Waals surface area contributed by atoms with E-state index in [4.69, 9.17) is 10.5 Å². The van der Waals surface area contributed by atoms with Crippen LogP contribution in [0.1, 0.15) is 6.42 Å². The van der Waals surface area contributed by atoms with Gasteiger partial charge in [0.2, 0.25) is 0 Å². The van der Waals surface area contributed by atoms with Crippen molar-refractivity contribution in [1.82, 2.24) is 4.90 Å². The lowest BCUT2D eigenvalue weighted by atomic mass is 10.3. The molecule has 1 aliphatic rings. The first-order valence-corrected chi connectivity index (χ1v) is 3.31. The van der Waals surface area contributed by atoms with Crippen molar-refractivity contribution in [2.24, 2.45) is 5.73 Å². The third kappa shape index (κ3) is 2.55. The molecule has 5 heteroatoms. The maximum atomic E-state index is 10.6. The monoisotopic (exact) mass is 180 g/mol. The highest BCUT2D eigenvalue weighted by Crippen LogP contribution is 2.10. The fourth-order valence-electron chi connectivity index (χ4n) is 1.12. The molecule has 4 nitrogen and oxygen atoms in total. The Morgan fingerprint density at radius 1 is 1.73 bits per heavy atom. The van der Waals surface area contributed by atoms with Gasteiger partial charge in [-0.05, 0) is 6.42 Å². The topological polar surface area (TPSA) is 55.6 Å². The summed E-state index contributed by atoms with van der Waals surface area (Å²) in [7, 11) is 1.65. The molecule has 1 heterocycles. The molecule has 1 atom stereocenters. The van der Waals surface area contributed by atoms with Gasteiger partial charge in [-0.15, -0.1) is 12.4 Å². The van der Waals surface area contributed by atoms with E-state index in [0.717, 1.165) is 13.0 Å². The fraction of sp³-hybridized carbons (Fsp3) is 0.833. The Labute approximate surface area is 72.1 Å². The number of nitrogens with two attached hydrogens (primary N) is 1. The zero-order chi connectivity index (χ0) is 7.56. The van der Waals surface area contributed by atoms with Gasteiger partial charge in [-0.1, -0.05) is 0 Å². The molecule has 0 aliphatic carbocycles. The zero-order valence-corrected chi connectivity index (χ0v) is 7.26. The lowest BCUT2D eigenvalue weighted by Crippen LogP contribution is -2.34. The number of halogens is 1. The molecular formula is C6H13ClN2O2. The van der Waals surface area contributed by atoms with E-state index in [1.165, 1.54) is 0 Å². The molecule has 2 N–H and O–H groups in total. The van der Waals surface area contributed by atoms with Gasteiger partial charge >= 0.3 is 6.03 Å². The molecule has 1 rings (SSSR count). The molecule has 0 saturated carbocycles. The van der Waals surface area contributed by atoms with Crippen molar-refractivity contribution in [3.8, 4) is 0 Å². The van der Waals surface area contributed by atoms with Gasteiger partial charge in [0.15, 0.2) is 0 Å². The highest BCUT2D eigenvalue weighted by molar-refractivity contribution is 5.85. The Bertz CT molecular complexity index is 143. The molecule has 0 aromatic rings. The van der Waals surface area contributed by atoms with E-state index >= 15 is 0 Å². The van der Waals surface area contributed by atoms with Gasteiger partial charge in [-0.25, -0.2) is 4.79 Å². The molecule has 2 amide bonds. The van der Waals surface area contributed by atoms with Crippen LogP contribution in [0.2, 0.25) is 0 Å². The van der Waals surface area contributed by atoms with Crippen LogP contribution in [0.3, 0.4) is 0 Å². The SMILES string of the molecule is CO[C@H]1CCN(C(N)=O)C1.Cl. The van der Waals surface area contributed by atoms with Crippen molar-refractivity contribution < 1.29 is 9.53 Å². The third-order valence-electron chi connectivity index (χ3n) is 1.79. The van der Waals surface area contributed by atoms with E-state index in [9.17, 15) is 4.79 Å². The molecule has 11 heavy (non-hydrogen) atoms. The summed E-state index contributed by atoms with van der Waals surface area (Å²) in [5.41, 5.74) is 5.05. The molecule has 0 radical (unpaired) electrons. The van der Waals surface area contributed by atoms with Crippen LogP contribution in [0.4, 0.5) is 4.79 Å². The Hall–Kier alpha value is -0.480. The number of urea groups is 1. The minimum Gasteiger partial charge on any atom is -0.380 e. The average molecular weight is 181 g/mol. The van der Waals surface area contributed by atoms with Gasteiger partial charge in [-0.3, -0.25) is 0 Å². The van der Waals surface area contributed by atoms with Gasteiger partial charge in [-0.2, -0.15) is 0 Å². The highest BCUT2D eigenvalue weighted by Gasteiger charge is 2.23. The summed E-state index contributed by atoms with van der Waals surface area (Å²) in [6.45, 7) is 1.37. The van der Waals surface area contributed by atoms with Crippen LogP contribution in [0.25, 0.3) is 0 Å². The van der Waals surface area contributed by atoms with Crippen LogP contribution in [-0.4, -0.2) is 37.2 Å². The van der Waals surface area contributed by atoms with Crippen molar-refractivity contribution in [3.63, 3.8) is 0 Å². The van der Waals surface area contributed by atoms with Crippen LogP contribution < -0.4 is 5.73 Å². The summed E-state index contributed by atoms with van der Waals surface area (Å²) in [6, 6.07) is -0.348. The summed E-state index contributed by atoms with van der Waals surface area (Å²) >= 11 is 0. The summed E-state index contributed by atoms with van der Waals surface area (Å²) in [5.74, 6) is 0. The Kier molecular flexibility index (Phi) is 4.22. The smallest absolute Gasteiger partial charge is 0.314 e. The number of methoxy groups -OCH3 is 1. The van der Waals surface area contributed by atoms with Gasteiger partial charge in [0, 0.05) is 20.2 Å². The molecule has 66 valence electrons. The molecule has 1 saturated heterocycles. The first-order chi connectivity index (χ1) is 4.74. The first-order valence-electron chi connectivity index (χ1n) is 3.31. The number of amides is 2. The molecular weight excluding hydrogens is 168 g/mol. The Morgan fingerprint density at radius 3 is 2.64 bits per heavy atom. The van der Waals surface area contributed by atoms with E-state index < -0.39 is 0 Å². The van der Waals surface area contributed by atoms with E-state index in [1.54, 1.807) is 12.0 Å². The second-order valence-corrected chi connectivity index (χ2v) is 2.43. The zero-order valence-electron chi connectivity index (χ0n) is 6.45. The largest absolute Gasteiger partial charge is 0.380 e. The average Bonchev–Trinajstić information content (AvgIpc) is 2.34. The number of hydrogen-bond donors (Lipinski definition) is 1. The molecule has 1 aliphatic heterocycles. The lowest BCUT2D eigenvalue weighted by molar-refractivity contribution is 0.111. The standard InChI is InChI=1S/C6H12N2O2.ClH/c1-10-5-2-3-8(4-5)6(7)9;/h5H,2-4H2,1H3,(H2,7,9);1H/t5-;/m0./s1. The summed E-state index contributed by atoms with van der Waals surface area (Å²) < 4.78 is 5.04. The summed E-state index contributed by atoms with van der Waals surface area (Å²) in [6.07, 6.45) is 1.09. The quantitative estimate of drug-likeness (QED) is 0.627. The molecule has 0 spiro atoms. The van der Waals surface area contributed by atoms with Gasteiger partial charge in [0.25, 0.3) is 0 Å². The number of carbonyl (C=O) groups is 1. The number of primary amides is 1. The minimum atomic E-state index is -0.348.